The van der Waals surface area contributed by atoms with Gasteiger partial charge in [-0.2, -0.15) is 5.26 Å². The van der Waals surface area contributed by atoms with Gasteiger partial charge in [-0.25, -0.2) is 4.79 Å². The first-order chi connectivity index (χ1) is 14.5. The molecule has 150 valence electrons. The van der Waals surface area contributed by atoms with Crippen LogP contribution in [-0.2, 0) is 9.53 Å². The first-order valence-electron chi connectivity index (χ1n) is 8.95. The molecule has 1 N–H and O–H groups in total. The summed E-state index contributed by atoms with van der Waals surface area (Å²) in [6.07, 6.45) is 1.27. The maximum atomic E-state index is 12.4. The molecule has 0 radical (unpaired) electrons. The van der Waals surface area contributed by atoms with Crippen molar-refractivity contribution in [2.75, 3.05) is 12.4 Å². The molecule has 30 heavy (non-hydrogen) atoms. The summed E-state index contributed by atoms with van der Waals surface area (Å²) in [5, 5.41) is 12.0. The molecular formula is C23H18N2O5. The van der Waals surface area contributed by atoms with Crippen molar-refractivity contribution in [2.24, 2.45) is 0 Å². The minimum Gasteiger partial charge on any atom is -0.465 e. The van der Waals surface area contributed by atoms with Gasteiger partial charge >= 0.3 is 5.97 Å². The Morgan fingerprint density at radius 2 is 1.73 bits per heavy atom. The molecule has 0 aliphatic carbocycles. The first-order valence-corrected chi connectivity index (χ1v) is 8.95. The van der Waals surface area contributed by atoms with E-state index in [2.05, 4.69) is 10.1 Å². The van der Waals surface area contributed by atoms with Crippen molar-refractivity contribution in [3.63, 3.8) is 0 Å². The van der Waals surface area contributed by atoms with E-state index >= 15 is 0 Å². The van der Waals surface area contributed by atoms with Gasteiger partial charge in [0, 0.05) is 11.8 Å². The second-order valence-electron chi connectivity index (χ2n) is 6.17. The Bertz CT molecular complexity index is 1120. The van der Waals surface area contributed by atoms with Gasteiger partial charge in [0.15, 0.2) is 0 Å². The summed E-state index contributed by atoms with van der Waals surface area (Å²) in [6, 6.07) is 19.3. The highest BCUT2D eigenvalue weighted by Gasteiger charge is 2.16. The zero-order chi connectivity index (χ0) is 21.5. The van der Waals surface area contributed by atoms with Crippen LogP contribution in [0.4, 0.5) is 5.69 Å². The molecule has 1 amide bonds. The Balaban J connectivity index is 1.70. The van der Waals surface area contributed by atoms with Crippen LogP contribution >= 0.6 is 0 Å². The highest BCUT2D eigenvalue weighted by Crippen LogP contribution is 2.23. The van der Waals surface area contributed by atoms with Crippen LogP contribution in [0.15, 0.2) is 70.7 Å². The molecular weight excluding hydrogens is 384 g/mol. The van der Waals surface area contributed by atoms with Crippen molar-refractivity contribution < 1.29 is 23.5 Å². The van der Waals surface area contributed by atoms with Gasteiger partial charge in [0.25, 0.3) is 5.91 Å². The Labute approximate surface area is 173 Å². The topological polar surface area (TPSA) is 102 Å². The lowest BCUT2D eigenvalue weighted by molar-refractivity contribution is -0.112. The van der Waals surface area contributed by atoms with Crippen LogP contribution in [0.5, 0.6) is 11.5 Å². The van der Waals surface area contributed by atoms with E-state index < -0.39 is 11.9 Å². The highest BCUT2D eigenvalue weighted by molar-refractivity contribution is 6.09. The zero-order valence-electron chi connectivity index (χ0n) is 16.3. The molecule has 3 rings (SSSR count). The predicted octanol–water partition coefficient (Wildman–Crippen LogP) is 4.71. The van der Waals surface area contributed by atoms with Gasteiger partial charge in [-0.15, -0.1) is 0 Å². The lowest BCUT2D eigenvalue weighted by Crippen LogP contribution is -2.13. The number of hydrogen-bond acceptors (Lipinski definition) is 6. The monoisotopic (exact) mass is 402 g/mol. The van der Waals surface area contributed by atoms with E-state index in [-0.39, 0.29) is 16.9 Å². The molecule has 0 unspecified atom stereocenters. The zero-order valence-corrected chi connectivity index (χ0v) is 16.3. The third-order valence-corrected chi connectivity index (χ3v) is 4.08. The lowest BCUT2D eigenvalue weighted by atomic mass is 10.2. The second kappa shape index (κ2) is 9.26. The molecule has 0 aliphatic heterocycles. The minimum atomic E-state index is -0.608. The van der Waals surface area contributed by atoms with E-state index in [0.717, 1.165) is 0 Å². The van der Waals surface area contributed by atoms with E-state index in [9.17, 15) is 14.9 Å². The maximum absolute atomic E-state index is 12.4. The van der Waals surface area contributed by atoms with Gasteiger partial charge < -0.3 is 19.2 Å². The fourth-order valence-electron chi connectivity index (χ4n) is 2.61. The molecule has 0 saturated carbocycles. The number of ether oxygens (including phenoxy) is 2. The average Bonchev–Trinajstić information content (AvgIpc) is 3.13. The quantitative estimate of drug-likeness (QED) is 0.364. The normalized spacial score (nSPS) is 10.8. The molecule has 0 saturated heterocycles. The van der Waals surface area contributed by atoms with Gasteiger partial charge in [-0.3, -0.25) is 4.79 Å². The molecule has 1 aromatic heterocycles. The number of aryl methyl sites for hydroxylation is 1. The smallest absolute Gasteiger partial charge is 0.341 e. The van der Waals surface area contributed by atoms with E-state index in [0.29, 0.717) is 22.9 Å². The van der Waals surface area contributed by atoms with Crippen molar-refractivity contribution in [1.29, 1.82) is 5.26 Å². The van der Waals surface area contributed by atoms with Crippen molar-refractivity contribution in [2.45, 2.75) is 6.92 Å². The van der Waals surface area contributed by atoms with Crippen LogP contribution < -0.4 is 10.1 Å². The third kappa shape index (κ3) is 4.94. The number of hydrogen-bond donors (Lipinski definition) is 1. The van der Waals surface area contributed by atoms with Gasteiger partial charge in [0.2, 0.25) is 0 Å². The number of para-hydroxylation sites is 1. The number of carbonyl (C=O) groups excluding carboxylic acids is 2. The SMILES string of the molecule is COC(=O)c1cc(/C=C(\C#N)C(=O)Nc2ccc(Oc3ccccc3)cc2)oc1C. The number of rotatable bonds is 6. The van der Waals surface area contributed by atoms with Crippen molar-refractivity contribution in [1.82, 2.24) is 0 Å². The van der Waals surface area contributed by atoms with Gasteiger partial charge in [0.1, 0.15) is 40.2 Å². The molecule has 0 spiro atoms. The summed E-state index contributed by atoms with van der Waals surface area (Å²) in [7, 11) is 1.26. The van der Waals surface area contributed by atoms with Crippen LogP contribution in [0.25, 0.3) is 6.08 Å². The Morgan fingerprint density at radius 1 is 1.07 bits per heavy atom. The summed E-state index contributed by atoms with van der Waals surface area (Å²) in [5.74, 6) is 0.672. The summed E-state index contributed by atoms with van der Waals surface area (Å²) >= 11 is 0. The number of esters is 1. The molecule has 0 aliphatic rings. The number of nitrogens with one attached hydrogen (secondary N) is 1. The van der Waals surface area contributed by atoms with E-state index in [1.54, 1.807) is 31.2 Å². The largest absolute Gasteiger partial charge is 0.465 e. The lowest BCUT2D eigenvalue weighted by Gasteiger charge is -2.07. The molecule has 0 bridgehead atoms. The highest BCUT2D eigenvalue weighted by atomic mass is 16.5. The molecule has 1 heterocycles. The molecule has 7 heteroatoms. The molecule has 0 fully saturated rings. The van der Waals surface area contributed by atoms with Crippen molar-refractivity contribution >= 4 is 23.6 Å². The predicted molar refractivity (Wildman–Crippen MR) is 110 cm³/mol. The number of carbonyl (C=O) groups is 2. The minimum absolute atomic E-state index is 0.176. The summed E-state index contributed by atoms with van der Waals surface area (Å²) in [6.45, 7) is 1.59. The Morgan fingerprint density at radius 3 is 2.37 bits per heavy atom. The standard InChI is InChI=1S/C23H18N2O5/c1-15-21(23(27)28-2)13-20(29-15)12-16(14-24)22(26)25-17-8-10-19(11-9-17)30-18-6-4-3-5-7-18/h3-13H,1-2H3,(H,25,26)/b16-12+. The van der Waals surface area contributed by atoms with Gasteiger partial charge in [0.05, 0.1) is 7.11 Å². The Hall–Kier alpha value is -4.31. The fraction of sp³-hybridized carbons (Fsp3) is 0.0870. The number of furan rings is 1. The van der Waals surface area contributed by atoms with E-state index in [1.165, 1.54) is 19.3 Å². The summed E-state index contributed by atoms with van der Waals surface area (Å²) in [5.41, 5.74) is 0.549. The molecule has 0 atom stereocenters. The summed E-state index contributed by atoms with van der Waals surface area (Å²) in [4.78, 5) is 24.1. The van der Waals surface area contributed by atoms with Crippen LogP contribution in [0.2, 0.25) is 0 Å². The second-order valence-corrected chi connectivity index (χ2v) is 6.17. The maximum Gasteiger partial charge on any atom is 0.341 e. The average molecular weight is 402 g/mol. The first kappa shape index (κ1) is 20.4. The van der Waals surface area contributed by atoms with Crippen molar-refractivity contribution in [3.05, 3.63) is 83.3 Å². The number of anilines is 1. The number of nitriles is 1. The fourth-order valence-corrected chi connectivity index (χ4v) is 2.61. The number of methoxy groups -OCH3 is 1. The Kier molecular flexibility index (Phi) is 6.30. The van der Waals surface area contributed by atoms with Crippen LogP contribution in [0.1, 0.15) is 21.9 Å². The van der Waals surface area contributed by atoms with Crippen LogP contribution in [0, 0.1) is 18.3 Å². The van der Waals surface area contributed by atoms with Crippen LogP contribution in [0.3, 0.4) is 0 Å². The van der Waals surface area contributed by atoms with Crippen LogP contribution in [-0.4, -0.2) is 19.0 Å². The molecule has 7 nitrogen and oxygen atoms in total. The third-order valence-electron chi connectivity index (χ3n) is 4.08. The number of amides is 1. The number of nitrogens with zero attached hydrogens (tertiary/aromatic N) is 1. The summed E-state index contributed by atoms with van der Waals surface area (Å²) < 4.78 is 15.8. The molecule has 3 aromatic rings. The molecule has 2 aromatic carbocycles. The van der Waals surface area contributed by atoms with E-state index in [4.69, 9.17) is 9.15 Å². The van der Waals surface area contributed by atoms with Gasteiger partial charge in [-0.05, 0) is 49.4 Å². The van der Waals surface area contributed by atoms with E-state index in [1.807, 2.05) is 36.4 Å². The van der Waals surface area contributed by atoms with Gasteiger partial charge in [-0.1, -0.05) is 18.2 Å². The number of benzene rings is 2. The van der Waals surface area contributed by atoms with Crippen molar-refractivity contribution in [3.8, 4) is 17.6 Å².